The molecule has 0 heterocycles. The van der Waals surface area contributed by atoms with Gasteiger partial charge in [0.25, 0.3) is 0 Å². The van der Waals surface area contributed by atoms with E-state index in [4.69, 9.17) is 4.74 Å². The van der Waals surface area contributed by atoms with Crippen molar-refractivity contribution < 1.29 is 14.3 Å². The first-order valence-corrected chi connectivity index (χ1v) is 12.5. The molecular weight excluding hydrogens is 476 g/mol. The maximum atomic E-state index is 13.2. The van der Waals surface area contributed by atoms with E-state index < -0.39 is 6.04 Å². The van der Waals surface area contributed by atoms with Gasteiger partial charge in [-0.15, -0.1) is 11.8 Å². The molecule has 0 saturated heterocycles. The molecule has 5 nitrogen and oxygen atoms in total. The summed E-state index contributed by atoms with van der Waals surface area (Å²) in [5.74, 6) is 1.66. The van der Waals surface area contributed by atoms with E-state index in [1.54, 1.807) is 23.8 Å². The molecule has 0 fully saturated rings. The van der Waals surface area contributed by atoms with Gasteiger partial charge in [0.2, 0.25) is 11.8 Å². The zero-order chi connectivity index (χ0) is 22.6. The van der Waals surface area contributed by atoms with Crippen molar-refractivity contribution in [1.82, 2.24) is 10.2 Å². The minimum atomic E-state index is -0.501. The summed E-state index contributed by atoms with van der Waals surface area (Å²) in [6.45, 7) is 4.93. The molecule has 0 radical (unpaired) electrons. The minimum absolute atomic E-state index is 0.0385. The average Bonchev–Trinajstić information content (AvgIpc) is 2.78. The fraction of sp³-hybridized carbons (Fsp3) is 0.417. The van der Waals surface area contributed by atoms with E-state index in [1.165, 1.54) is 0 Å². The van der Waals surface area contributed by atoms with Gasteiger partial charge in [0.1, 0.15) is 11.8 Å². The lowest BCUT2D eigenvalue weighted by molar-refractivity contribution is -0.139. The number of hydrogen-bond acceptors (Lipinski definition) is 4. The molecule has 2 rings (SSSR count). The van der Waals surface area contributed by atoms with E-state index in [1.807, 2.05) is 62.4 Å². The van der Waals surface area contributed by atoms with E-state index in [2.05, 4.69) is 21.2 Å². The maximum Gasteiger partial charge on any atom is 0.242 e. The summed E-state index contributed by atoms with van der Waals surface area (Å²) in [6, 6.07) is 15.2. The van der Waals surface area contributed by atoms with Gasteiger partial charge in [-0.2, -0.15) is 0 Å². The standard InChI is InChI=1S/C24H31BrN2O3S/c1-4-13-26-24(29)22(5-2)27(15-19-7-6-8-21(14-19)30-3)23(28)17-31-16-18-9-11-20(25)12-10-18/h6-12,14,22H,4-5,13,15-17H2,1-3H3,(H,26,29)/t22-/m1/s1. The van der Waals surface area contributed by atoms with Crippen molar-refractivity contribution in [1.29, 1.82) is 0 Å². The molecule has 1 atom stereocenters. The summed E-state index contributed by atoms with van der Waals surface area (Å²) in [5, 5.41) is 2.95. The van der Waals surface area contributed by atoms with Gasteiger partial charge in [0.15, 0.2) is 0 Å². The third-order valence-corrected chi connectivity index (χ3v) is 6.35. The van der Waals surface area contributed by atoms with Crippen LogP contribution in [0.2, 0.25) is 0 Å². The number of ether oxygens (including phenoxy) is 1. The SMILES string of the molecule is CCCNC(=O)[C@@H](CC)N(Cc1cccc(OC)c1)C(=O)CSCc1ccc(Br)cc1. The van der Waals surface area contributed by atoms with Gasteiger partial charge < -0.3 is 15.0 Å². The summed E-state index contributed by atoms with van der Waals surface area (Å²) in [7, 11) is 1.62. The monoisotopic (exact) mass is 506 g/mol. The maximum absolute atomic E-state index is 13.2. The van der Waals surface area contributed by atoms with Gasteiger partial charge in [0, 0.05) is 23.3 Å². The smallest absolute Gasteiger partial charge is 0.242 e. The van der Waals surface area contributed by atoms with E-state index in [9.17, 15) is 9.59 Å². The summed E-state index contributed by atoms with van der Waals surface area (Å²) in [6.07, 6.45) is 1.41. The quantitative estimate of drug-likeness (QED) is 0.438. The number of nitrogens with zero attached hydrogens (tertiary/aromatic N) is 1. The topological polar surface area (TPSA) is 58.6 Å². The van der Waals surface area contributed by atoms with Gasteiger partial charge in [-0.25, -0.2) is 0 Å². The number of amides is 2. The molecule has 2 aromatic rings. The minimum Gasteiger partial charge on any atom is -0.497 e. The number of rotatable bonds is 12. The Labute approximate surface area is 198 Å². The number of methoxy groups -OCH3 is 1. The normalized spacial score (nSPS) is 11.6. The second kappa shape index (κ2) is 13.4. The van der Waals surface area contributed by atoms with Crippen LogP contribution in [0.5, 0.6) is 5.75 Å². The number of nitrogens with one attached hydrogen (secondary N) is 1. The molecule has 0 aliphatic carbocycles. The van der Waals surface area contributed by atoms with Crippen molar-refractivity contribution in [2.24, 2.45) is 0 Å². The molecular formula is C24H31BrN2O3S. The fourth-order valence-corrected chi connectivity index (χ4v) is 4.31. The largest absolute Gasteiger partial charge is 0.497 e. The van der Waals surface area contributed by atoms with Crippen molar-refractivity contribution in [2.45, 2.75) is 45.0 Å². The van der Waals surface area contributed by atoms with Gasteiger partial charge in [-0.1, -0.05) is 54.0 Å². The summed E-state index contributed by atoms with van der Waals surface area (Å²) >= 11 is 5.00. The number of thioether (sulfide) groups is 1. The van der Waals surface area contributed by atoms with Crippen LogP contribution in [0.15, 0.2) is 53.0 Å². The molecule has 0 aliphatic rings. The first kappa shape index (κ1) is 25.3. The lowest BCUT2D eigenvalue weighted by Gasteiger charge is -2.30. The molecule has 0 aromatic heterocycles. The second-order valence-electron chi connectivity index (χ2n) is 7.21. The molecule has 0 bridgehead atoms. The predicted molar refractivity (Wildman–Crippen MR) is 131 cm³/mol. The van der Waals surface area contributed by atoms with Crippen LogP contribution in [0.1, 0.15) is 37.8 Å². The van der Waals surface area contributed by atoms with E-state index in [-0.39, 0.29) is 11.8 Å². The van der Waals surface area contributed by atoms with E-state index in [0.29, 0.717) is 25.3 Å². The number of hydrogen-bond donors (Lipinski definition) is 1. The molecule has 0 aliphatic heterocycles. The zero-order valence-corrected chi connectivity index (χ0v) is 20.8. The highest BCUT2D eigenvalue weighted by Crippen LogP contribution is 2.20. The van der Waals surface area contributed by atoms with E-state index >= 15 is 0 Å². The Bertz CT molecular complexity index is 845. The second-order valence-corrected chi connectivity index (χ2v) is 9.11. The van der Waals surface area contributed by atoms with Crippen molar-refractivity contribution in [2.75, 3.05) is 19.4 Å². The van der Waals surface area contributed by atoms with Crippen molar-refractivity contribution in [3.63, 3.8) is 0 Å². The molecule has 0 saturated carbocycles. The molecule has 0 unspecified atom stereocenters. The highest BCUT2D eigenvalue weighted by molar-refractivity contribution is 9.10. The Kier molecular flexibility index (Phi) is 10.9. The predicted octanol–water partition coefficient (Wildman–Crippen LogP) is 5.02. The molecule has 2 amide bonds. The highest BCUT2D eigenvalue weighted by Gasteiger charge is 2.28. The first-order chi connectivity index (χ1) is 15.0. The van der Waals surface area contributed by atoms with Crippen LogP contribution in [0.4, 0.5) is 0 Å². The molecule has 0 spiro atoms. The van der Waals surface area contributed by atoms with Crippen LogP contribution in [0.25, 0.3) is 0 Å². The van der Waals surface area contributed by atoms with Gasteiger partial charge in [-0.3, -0.25) is 9.59 Å². The summed E-state index contributed by atoms with van der Waals surface area (Å²) < 4.78 is 6.35. The molecule has 7 heteroatoms. The van der Waals surface area contributed by atoms with Gasteiger partial charge >= 0.3 is 0 Å². The van der Waals surface area contributed by atoms with Crippen molar-refractivity contribution in [3.8, 4) is 5.75 Å². The third kappa shape index (κ3) is 8.22. The lowest BCUT2D eigenvalue weighted by atomic mass is 10.1. The van der Waals surface area contributed by atoms with Crippen LogP contribution in [-0.2, 0) is 21.9 Å². The van der Waals surface area contributed by atoms with Crippen molar-refractivity contribution in [3.05, 3.63) is 64.1 Å². The van der Waals surface area contributed by atoms with Crippen LogP contribution in [0, 0.1) is 0 Å². The summed E-state index contributed by atoms with van der Waals surface area (Å²) in [4.78, 5) is 27.7. The van der Waals surface area contributed by atoms with Gasteiger partial charge in [0.05, 0.1) is 12.9 Å². The highest BCUT2D eigenvalue weighted by atomic mass is 79.9. The third-order valence-electron chi connectivity index (χ3n) is 4.83. The van der Waals surface area contributed by atoms with Gasteiger partial charge in [-0.05, 0) is 48.2 Å². The number of carbonyl (C=O) groups excluding carboxylic acids is 2. The number of carbonyl (C=O) groups is 2. The molecule has 168 valence electrons. The van der Waals surface area contributed by atoms with Crippen molar-refractivity contribution >= 4 is 39.5 Å². The van der Waals surface area contributed by atoms with E-state index in [0.717, 1.165) is 33.5 Å². The molecule has 31 heavy (non-hydrogen) atoms. The number of benzene rings is 2. The van der Waals surface area contributed by atoms with Crippen LogP contribution >= 0.6 is 27.7 Å². The van der Waals surface area contributed by atoms with Crippen LogP contribution in [-0.4, -0.2) is 42.2 Å². The Morgan fingerprint density at radius 2 is 1.87 bits per heavy atom. The fourth-order valence-electron chi connectivity index (χ4n) is 3.17. The van der Waals surface area contributed by atoms with Crippen LogP contribution < -0.4 is 10.1 Å². The Balaban J connectivity index is 2.12. The molecule has 1 N–H and O–H groups in total. The number of halogens is 1. The lowest BCUT2D eigenvalue weighted by Crippen LogP contribution is -2.49. The Hall–Kier alpha value is -1.99. The Morgan fingerprint density at radius 1 is 1.13 bits per heavy atom. The Morgan fingerprint density at radius 3 is 2.52 bits per heavy atom. The zero-order valence-electron chi connectivity index (χ0n) is 18.4. The average molecular weight is 507 g/mol. The first-order valence-electron chi connectivity index (χ1n) is 10.5. The van der Waals surface area contributed by atoms with Crippen LogP contribution in [0.3, 0.4) is 0 Å². The summed E-state index contributed by atoms with van der Waals surface area (Å²) in [5.41, 5.74) is 2.10. The molecule has 2 aromatic carbocycles.